The number of aryl methyl sites for hydroxylation is 1. The van der Waals surface area contributed by atoms with E-state index in [1.165, 1.54) is 0 Å². The molecule has 0 saturated heterocycles. The molecule has 22 heavy (non-hydrogen) atoms. The minimum Gasteiger partial charge on any atom is -0.497 e. The highest BCUT2D eigenvalue weighted by Crippen LogP contribution is 2.21. The Morgan fingerprint density at radius 3 is 2.59 bits per heavy atom. The van der Waals surface area contributed by atoms with E-state index >= 15 is 0 Å². The van der Waals surface area contributed by atoms with E-state index in [4.69, 9.17) is 9.47 Å². The van der Waals surface area contributed by atoms with Crippen molar-refractivity contribution < 1.29 is 14.3 Å². The lowest BCUT2D eigenvalue weighted by molar-refractivity contribution is -0.129. The Hall–Kier alpha value is -2.88. The fourth-order valence-corrected chi connectivity index (χ4v) is 2.18. The first-order valence-electron chi connectivity index (χ1n) is 6.89. The molecule has 0 N–H and O–H groups in total. The SMILES string of the molecule is COc1ccc(C2=N/C(=C\c3cccc(C)c3)C(=O)O2)cc1. The highest BCUT2D eigenvalue weighted by molar-refractivity contribution is 6.12. The third kappa shape index (κ3) is 2.91. The minimum atomic E-state index is -0.438. The third-order valence-corrected chi connectivity index (χ3v) is 3.30. The number of cyclic esters (lactones) is 1. The number of benzene rings is 2. The van der Waals surface area contributed by atoms with E-state index < -0.39 is 5.97 Å². The molecule has 0 aliphatic carbocycles. The van der Waals surface area contributed by atoms with Crippen LogP contribution in [0.1, 0.15) is 16.7 Å². The number of hydrogen-bond donors (Lipinski definition) is 0. The Balaban J connectivity index is 1.90. The Morgan fingerprint density at radius 1 is 1.14 bits per heavy atom. The molecule has 0 saturated carbocycles. The number of rotatable bonds is 3. The van der Waals surface area contributed by atoms with Gasteiger partial charge in [0.05, 0.1) is 7.11 Å². The lowest BCUT2D eigenvalue weighted by atomic mass is 10.1. The molecule has 0 unspecified atom stereocenters. The molecule has 4 heteroatoms. The van der Waals surface area contributed by atoms with Crippen molar-refractivity contribution in [3.8, 4) is 5.75 Å². The molecule has 1 heterocycles. The summed E-state index contributed by atoms with van der Waals surface area (Å²) in [6, 6.07) is 15.1. The highest BCUT2D eigenvalue weighted by Gasteiger charge is 2.24. The Kier molecular flexibility index (Phi) is 3.74. The van der Waals surface area contributed by atoms with Crippen molar-refractivity contribution in [3.05, 3.63) is 70.9 Å². The lowest BCUT2D eigenvalue weighted by Gasteiger charge is -2.01. The van der Waals surface area contributed by atoms with Crippen LogP contribution >= 0.6 is 0 Å². The van der Waals surface area contributed by atoms with E-state index in [-0.39, 0.29) is 0 Å². The molecule has 0 amide bonds. The number of carbonyl (C=O) groups excluding carboxylic acids is 1. The summed E-state index contributed by atoms with van der Waals surface area (Å²) in [6.45, 7) is 2.00. The third-order valence-electron chi connectivity index (χ3n) is 3.30. The molecule has 2 aromatic carbocycles. The summed E-state index contributed by atoms with van der Waals surface area (Å²) in [4.78, 5) is 16.2. The van der Waals surface area contributed by atoms with Crippen LogP contribution in [0.4, 0.5) is 0 Å². The summed E-state index contributed by atoms with van der Waals surface area (Å²) in [7, 11) is 1.60. The Labute approximate surface area is 128 Å². The van der Waals surface area contributed by atoms with Crippen LogP contribution in [0.5, 0.6) is 5.75 Å². The Bertz CT molecular complexity index is 773. The van der Waals surface area contributed by atoms with Crippen molar-refractivity contribution in [1.82, 2.24) is 0 Å². The van der Waals surface area contributed by atoms with Crippen LogP contribution in [0.2, 0.25) is 0 Å². The quantitative estimate of drug-likeness (QED) is 0.644. The van der Waals surface area contributed by atoms with Gasteiger partial charge in [0.2, 0.25) is 5.90 Å². The maximum atomic E-state index is 11.9. The predicted molar refractivity (Wildman–Crippen MR) is 84.8 cm³/mol. The number of ether oxygens (including phenoxy) is 2. The van der Waals surface area contributed by atoms with Gasteiger partial charge in [-0.1, -0.05) is 29.8 Å². The number of methoxy groups -OCH3 is 1. The number of hydrogen-bond acceptors (Lipinski definition) is 4. The van der Waals surface area contributed by atoms with Crippen LogP contribution < -0.4 is 4.74 Å². The number of esters is 1. The second-order valence-electron chi connectivity index (χ2n) is 4.98. The number of carbonyl (C=O) groups is 1. The van der Waals surface area contributed by atoms with Crippen molar-refractivity contribution in [1.29, 1.82) is 0 Å². The molecule has 0 atom stereocenters. The van der Waals surface area contributed by atoms with Crippen LogP contribution in [0.15, 0.2) is 59.2 Å². The summed E-state index contributed by atoms with van der Waals surface area (Å²) in [5.74, 6) is 0.614. The van der Waals surface area contributed by atoms with Gasteiger partial charge in [0.1, 0.15) is 5.75 Å². The fourth-order valence-electron chi connectivity index (χ4n) is 2.18. The van der Waals surface area contributed by atoms with Gasteiger partial charge in [-0.05, 0) is 42.8 Å². The van der Waals surface area contributed by atoms with Gasteiger partial charge < -0.3 is 9.47 Å². The van der Waals surface area contributed by atoms with Gasteiger partial charge in [-0.25, -0.2) is 9.79 Å². The van der Waals surface area contributed by atoms with Crippen LogP contribution in [-0.2, 0) is 9.53 Å². The van der Waals surface area contributed by atoms with Crippen LogP contribution in [0.3, 0.4) is 0 Å². The van der Waals surface area contributed by atoms with Gasteiger partial charge in [0, 0.05) is 5.56 Å². The predicted octanol–water partition coefficient (Wildman–Crippen LogP) is 3.35. The fraction of sp³-hybridized carbons (Fsp3) is 0.111. The molecule has 4 nitrogen and oxygen atoms in total. The standard InChI is InChI=1S/C18H15NO3/c1-12-4-3-5-13(10-12)11-16-18(20)22-17(19-16)14-6-8-15(21-2)9-7-14/h3-11H,1-2H3/b16-11-. The molecule has 1 aliphatic heterocycles. The van der Waals surface area contributed by atoms with Crippen molar-refractivity contribution in [2.24, 2.45) is 4.99 Å². The summed E-state index contributed by atoms with van der Waals surface area (Å²) in [5.41, 5.74) is 3.09. The lowest BCUT2D eigenvalue weighted by Crippen LogP contribution is -2.05. The normalized spacial score (nSPS) is 15.6. The van der Waals surface area contributed by atoms with E-state index in [1.54, 1.807) is 37.5 Å². The second-order valence-corrected chi connectivity index (χ2v) is 4.98. The summed E-state index contributed by atoms with van der Waals surface area (Å²) >= 11 is 0. The molecule has 110 valence electrons. The van der Waals surface area contributed by atoms with Gasteiger partial charge >= 0.3 is 5.97 Å². The zero-order valence-corrected chi connectivity index (χ0v) is 12.4. The first-order chi connectivity index (χ1) is 10.7. The smallest absolute Gasteiger partial charge is 0.363 e. The van der Waals surface area contributed by atoms with Crippen molar-refractivity contribution in [3.63, 3.8) is 0 Å². The molecule has 0 bridgehead atoms. The molecule has 3 rings (SSSR count). The van der Waals surface area contributed by atoms with E-state index in [1.807, 2.05) is 31.2 Å². The molecule has 0 fully saturated rings. The summed E-state index contributed by atoms with van der Waals surface area (Å²) in [5, 5.41) is 0. The number of aliphatic imine (C=N–C) groups is 1. The largest absolute Gasteiger partial charge is 0.497 e. The van der Waals surface area contributed by atoms with E-state index in [0.29, 0.717) is 11.6 Å². The topological polar surface area (TPSA) is 47.9 Å². The molecule has 0 spiro atoms. The van der Waals surface area contributed by atoms with Crippen LogP contribution in [0, 0.1) is 6.92 Å². The van der Waals surface area contributed by atoms with Gasteiger partial charge in [-0.2, -0.15) is 0 Å². The zero-order valence-electron chi connectivity index (χ0n) is 12.4. The molecule has 1 aliphatic rings. The highest BCUT2D eigenvalue weighted by atomic mass is 16.6. The first-order valence-corrected chi connectivity index (χ1v) is 6.89. The number of nitrogens with zero attached hydrogens (tertiary/aromatic N) is 1. The maximum absolute atomic E-state index is 11.9. The van der Waals surface area contributed by atoms with Crippen molar-refractivity contribution in [2.75, 3.05) is 7.11 Å². The second kappa shape index (κ2) is 5.85. The minimum absolute atomic E-state index is 0.302. The summed E-state index contributed by atoms with van der Waals surface area (Å²) in [6.07, 6.45) is 1.73. The Morgan fingerprint density at radius 2 is 1.91 bits per heavy atom. The molecule has 0 aromatic heterocycles. The zero-order chi connectivity index (χ0) is 15.5. The monoisotopic (exact) mass is 293 g/mol. The molecular weight excluding hydrogens is 278 g/mol. The average molecular weight is 293 g/mol. The van der Waals surface area contributed by atoms with Crippen molar-refractivity contribution in [2.45, 2.75) is 6.92 Å². The van der Waals surface area contributed by atoms with E-state index in [0.717, 1.165) is 22.4 Å². The van der Waals surface area contributed by atoms with Crippen LogP contribution in [0.25, 0.3) is 6.08 Å². The van der Waals surface area contributed by atoms with E-state index in [9.17, 15) is 4.79 Å². The summed E-state index contributed by atoms with van der Waals surface area (Å²) < 4.78 is 10.3. The van der Waals surface area contributed by atoms with Gasteiger partial charge in [-0.15, -0.1) is 0 Å². The van der Waals surface area contributed by atoms with Crippen LogP contribution in [-0.4, -0.2) is 19.0 Å². The maximum Gasteiger partial charge on any atom is 0.363 e. The van der Waals surface area contributed by atoms with Gasteiger partial charge in [0.25, 0.3) is 0 Å². The molecule has 2 aromatic rings. The van der Waals surface area contributed by atoms with Gasteiger partial charge in [0.15, 0.2) is 5.70 Å². The van der Waals surface area contributed by atoms with E-state index in [2.05, 4.69) is 4.99 Å². The molecule has 0 radical (unpaired) electrons. The molecular formula is C18H15NO3. The first kappa shape index (κ1) is 14.1. The van der Waals surface area contributed by atoms with Gasteiger partial charge in [-0.3, -0.25) is 0 Å². The average Bonchev–Trinajstić information content (AvgIpc) is 2.88. The van der Waals surface area contributed by atoms with Crippen molar-refractivity contribution >= 4 is 17.9 Å².